The Morgan fingerprint density at radius 3 is 2.60 bits per heavy atom. The molecule has 0 bridgehead atoms. The lowest BCUT2D eigenvalue weighted by Gasteiger charge is -2.13. The molecule has 0 aromatic heterocycles. The zero-order valence-corrected chi connectivity index (χ0v) is 7.91. The molecule has 0 amide bonds. The van der Waals surface area contributed by atoms with E-state index in [0.29, 0.717) is 11.4 Å². The molecule has 0 aliphatic heterocycles. The van der Waals surface area contributed by atoms with E-state index in [1.165, 1.54) is 6.32 Å². The second kappa shape index (κ2) is 6.05. The van der Waals surface area contributed by atoms with Crippen molar-refractivity contribution in [2.24, 2.45) is 0 Å². The Morgan fingerprint density at radius 2 is 2.20 bits per heavy atom. The van der Waals surface area contributed by atoms with Gasteiger partial charge in [0.1, 0.15) is 7.85 Å². The van der Waals surface area contributed by atoms with Crippen LogP contribution in [0.3, 0.4) is 0 Å². The molecule has 0 aromatic rings. The quantitative estimate of drug-likeness (QED) is 0.469. The van der Waals surface area contributed by atoms with E-state index in [2.05, 4.69) is 27.0 Å². The summed E-state index contributed by atoms with van der Waals surface area (Å²) in [6, 6.07) is 0.604. The van der Waals surface area contributed by atoms with E-state index in [-0.39, 0.29) is 0 Å². The molecule has 0 rings (SSSR count). The summed E-state index contributed by atoms with van der Waals surface area (Å²) < 4.78 is 0. The van der Waals surface area contributed by atoms with Crippen LogP contribution < -0.4 is 5.32 Å². The molecule has 2 unspecified atom stereocenters. The van der Waals surface area contributed by atoms with E-state index in [9.17, 15) is 0 Å². The van der Waals surface area contributed by atoms with Gasteiger partial charge < -0.3 is 5.32 Å². The van der Waals surface area contributed by atoms with Crippen molar-refractivity contribution >= 4 is 19.4 Å². The Morgan fingerprint density at radius 1 is 1.60 bits per heavy atom. The summed E-state index contributed by atoms with van der Waals surface area (Å²) in [5.74, 6) is 0. The third-order valence-corrected chi connectivity index (χ3v) is 2.21. The van der Waals surface area contributed by atoms with Gasteiger partial charge in [-0.1, -0.05) is 20.2 Å². The highest BCUT2D eigenvalue weighted by Crippen LogP contribution is 1.99. The van der Waals surface area contributed by atoms with E-state index < -0.39 is 0 Å². The Labute approximate surface area is 69.9 Å². The van der Waals surface area contributed by atoms with Gasteiger partial charge >= 0.3 is 0 Å². The molecule has 0 saturated carbocycles. The van der Waals surface area contributed by atoms with Gasteiger partial charge in [0.05, 0.1) is 0 Å². The summed E-state index contributed by atoms with van der Waals surface area (Å²) in [6.45, 7) is 5.22. The topological polar surface area (TPSA) is 12.0 Å². The molecule has 0 radical (unpaired) electrons. The largest absolute Gasteiger partial charge is 0.313 e. The Hall–Kier alpha value is 0.315. The van der Waals surface area contributed by atoms with Crippen LogP contribution in [0.1, 0.15) is 20.3 Å². The van der Waals surface area contributed by atoms with Crippen LogP contribution in [0.25, 0.3) is 0 Å². The Kier molecular flexibility index (Phi) is 6.24. The van der Waals surface area contributed by atoms with Crippen LogP contribution in [0.5, 0.6) is 0 Å². The second-order valence-corrected chi connectivity index (χ2v) is 3.34. The number of nitrogens with one attached hydrogen (secondary N) is 1. The fourth-order valence-corrected chi connectivity index (χ4v) is 0.707. The summed E-state index contributed by atoms with van der Waals surface area (Å²) in [6.07, 6.45) is 2.22. The van der Waals surface area contributed by atoms with E-state index >= 15 is 0 Å². The highest BCUT2D eigenvalue weighted by Gasteiger charge is 2.02. The standard InChI is InChI=1S/C7H17BClN/c1-3-7(9)5-10-6(2)4-8/h6-7,10H,3-5,8H2,1-2H3. The summed E-state index contributed by atoms with van der Waals surface area (Å²) >= 11 is 5.90. The van der Waals surface area contributed by atoms with Crippen molar-refractivity contribution in [2.75, 3.05) is 6.54 Å². The lowest BCUT2D eigenvalue weighted by atomic mass is 9.99. The van der Waals surface area contributed by atoms with Crippen molar-refractivity contribution in [3.05, 3.63) is 0 Å². The van der Waals surface area contributed by atoms with Crippen LogP contribution >= 0.6 is 11.6 Å². The highest BCUT2D eigenvalue weighted by atomic mass is 35.5. The van der Waals surface area contributed by atoms with Crippen LogP contribution in [0.4, 0.5) is 0 Å². The molecule has 10 heavy (non-hydrogen) atoms. The first kappa shape index (κ1) is 10.3. The molecule has 1 nitrogen and oxygen atoms in total. The van der Waals surface area contributed by atoms with Crippen LogP contribution in [0.15, 0.2) is 0 Å². The van der Waals surface area contributed by atoms with Gasteiger partial charge in [0.2, 0.25) is 0 Å². The molecule has 0 fully saturated rings. The van der Waals surface area contributed by atoms with E-state index in [4.69, 9.17) is 11.6 Å². The minimum atomic E-state index is 0.300. The number of halogens is 1. The van der Waals surface area contributed by atoms with Gasteiger partial charge in [-0.05, 0) is 12.5 Å². The van der Waals surface area contributed by atoms with Gasteiger partial charge in [0.15, 0.2) is 0 Å². The molecule has 0 saturated heterocycles. The number of hydrogen-bond acceptors (Lipinski definition) is 1. The first-order valence-electron chi connectivity index (χ1n) is 4.08. The fraction of sp³-hybridized carbons (Fsp3) is 1.00. The predicted octanol–water partition coefficient (Wildman–Crippen LogP) is 1.03. The minimum absolute atomic E-state index is 0.300. The smallest absolute Gasteiger partial charge is 0.103 e. The van der Waals surface area contributed by atoms with Crippen LogP contribution in [-0.2, 0) is 0 Å². The Balaban J connectivity index is 3.17. The molecule has 60 valence electrons. The first-order valence-corrected chi connectivity index (χ1v) is 4.51. The summed E-state index contributed by atoms with van der Waals surface area (Å²) in [5, 5.41) is 3.65. The number of hydrogen-bond donors (Lipinski definition) is 1. The predicted molar refractivity (Wildman–Crippen MR) is 50.7 cm³/mol. The summed E-state index contributed by atoms with van der Waals surface area (Å²) in [7, 11) is 2.17. The molecule has 0 aliphatic carbocycles. The maximum Gasteiger partial charge on any atom is 0.103 e. The van der Waals surface area contributed by atoms with Crippen molar-refractivity contribution in [3.8, 4) is 0 Å². The molecule has 1 N–H and O–H groups in total. The third kappa shape index (κ3) is 5.13. The van der Waals surface area contributed by atoms with Gasteiger partial charge in [0, 0.05) is 11.9 Å². The monoisotopic (exact) mass is 161 g/mol. The van der Waals surface area contributed by atoms with Gasteiger partial charge in [0.25, 0.3) is 0 Å². The van der Waals surface area contributed by atoms with Gasteiger partial charge in [-0.2, -0.15) is 0 Å². The van der Waals surface area contributed by atoms with Crippen molar-refractivity contribution in [2.45, 2.75) is 38.0 Å². The van der Waals surface area contributed by atoms with Gasteiger partial charge in [-0.3, -0.25) is 0 Å². The lowest BCUT2D eigenvalue weighted by Crippen LogP contribution is -2.30. The highest BCUT2D eigenvalue weighted by molar-refractivity contribution is 6.20. The average Bonchev–Trinajstić information content (AvgIpc) is 1.99. The SMILES string of the molecule is BCC(C)NCC(Cl)CC. The number of alkyl halides is 1. The van der Waals surface area contributed by atoms with Crippen molar-refractivity contribution < 1.29 is 0 Å². The fourth-order valence-electron chi connectivity index (χ4n) is 0.618. The average molecular weight is 161 g/mol. The zero-order chi connectivity index (χ0) is 7.98. The van der Waals surface area contributed by atoms with E-state index in [1.54, 1.807) is 0 Å². The van der Waals surface area contributed by atoms with Gasteiger partial charge in [-0.15, -0.1) is 11.6 Å². The second-order valence-electron chi connectivity index (χ2n) is 2.72. The van der Waals surface area contributed by atoms with E-state index in [1.807, 2.05) is 0 Å². The van der Waals surface area contributed by atoms with Crippen LogP contribution in [-0.4, -0.2) is 25.8 Å². The lowest BCUT2D eigenvalue weighted by molar-refractivity contribution is 0.570. The molecule has 2 atom stereocenters. The normalized spacial score (nSPS) is 16.7. The molecule has 0 heterocycles. The third-order valence-electron chi connectivity index (χ3n) is 1.74. The maximum absolute atomic E-state index is 5.90. The van der Waals surface area contributed by atoms with Crippen molar-refractivity contribution in [3.63, 3.8) is 0 Å². The molecular formula is C7H17BClN. The number of rotatable bonds is 5. The molecule has 0 aliphatic rings. The maximum atomic E-state index is 5.90. The minimum Gasteiger partial charge on any atom is -0.313 e. The van der Waals surface area contributed by atoms with Crippen molar-refractivity contribution in [1.29, 1.82) is 0 Å². The van der Waals surface area contributed by atoms with Crippen molar-refractivity contribution in [1.82, 2.24) is 5.32 Å². The Bertz CT molecular complexity index is 70.0. The molecule has 0 spiro atoms. The summed E-state index contributed by atoms with van der Waals surface area (Å²) in [4.78, 5) is 0. The van der Waals surface area contributed by atoms with Crippen LogP contribution in [0.2, 0.25) is 6.32 Å². The zero-order valence-electron chi connectivity index (χ0n) is 7.15. The molecular weight excluding hydrogens is 144 g/mol. The molecule has 0 aromatic carbocycles. The first-order chi connectivity index (χ1) is 4.70. The van der Waals surface area contributed by atoms with Crippen LogP contribution in [0, 0.1) is 0 Å². The van der Waals surface area contributed by atoms with Gasteiger partial charge in [-0.25, -0.2) is 0 Å². The molecule has 3 heteroatoms. The van der Waals surface area contributed by atoms with E-state index in [0.717, 1.165) is 13.0 Å². The summed E-state index contributed by atoms with van der Waals surface area (Å²) in [5.41, 5.74) is 0.